The Balaban J connectivity index is 0.000000845. The Morgan fingerprint density at radius 3 is 2.77 bits per heavy atom. The zero-order valence-electron chi connectivity index (χ0n) is 7.19. The van der Waals surface area contributed by atoms with Crippen molar-refractivity contribution in [2.75, 3.05) is 0 Å². The first-order valence-electron chi connectivity index (χ1n) is 3.82. The molecule has 0 unspecified atom stereocenters. The van der Waals surface area contributed by atoms with Crippen LogP contribution in [0.1, 0.15) is 0 Å². The fraction of sp³-hybridized carbons (Fsp3) is 0.100. The molecule has 2 rings (SSSR count). The van der Waals surface area contributed by atoms with Crippen molar-refractivity contribution in [3.05, 3.63) is 42.7 Å². The Labute approximate surface area is 91.0 Å². The standard InChI is InChI=1S/C10H9N2.Ir/c1-12-8-7-11-10(12)9-5-3-2-4-6-9;/h2-5,7-8H,1H3;/q-1;. The van der Waals surface area contributed by atoms with Gasteiger partial charge in [-0.3, -0.25) is 4.98 Å². The predicted molar refractivity (Wildman–Crippen MR) is 47.5 cm³/mol. The van der Waals surface area contributed by atoms with E-state index < -0.39 is 0 Å². The zero-order valence-corrected chi connectivity index (χ0v) is 9.59. The van der Waals surface area contributed by atoms with Gasteiger partial charge in [-0.25, -0.2) is 0 Å². The predicted octanol–water partition coefficient (Wildman–Crippen LogP) is 1.88. The molecule has 0 aliphatic carbocycles. The molecule has 13 heavy (non-hydrogen) atoms. The van der Waals surface area contributed by atoms with Crippen LogP contribution < -0.4 is 0 Å². The van der Waals surface area contributed by atoms with Crippen LogP contribution in [0, 0.1) is 6.07 Å². The summed E-state index contributed by atoms with van der Waals surface area (Å²) in [6.45, 7) is 0. The van der Waals surface area contributed by atoms with E-state index in [4.69, 9.17) is 0 Å². The molecule has 0 saturated carbocycles. The monoisotopic (exact) mass is 350 g/mol. The van der Waals surface area contributed by atoms with Gasteiger partial charge in [0.1, 0.15) is 0 Å². The Morgan fingerprint density at radius 1 is 1.38 bits per heavy atom. The number of rotatable bonds is 1. The van der Waals surface area contributed by atoms with Crippen LogP contribution in [-0.2, 0) is 27.2 Å². The van der Waals surface area contributed by atoms with Gasteiger partial charge in [0.05, 0.1) is 5.82 Å². The molecule has 1 radical (unpaired) electrons. The molecule has 0 fully saturated rings. The molecule has 0 N–H and O–H groups in total. The van der Waals surface area contributed by atoms with Crippen molar-refractivity contribution in [3.63, 3.8) is 0 Å². The van der Waals surface area contributed by atoms with E-state index in [0.29, 0.717) is 0 Å². The Hall–Kier alpha value is -0.921. The van der Waals surface area contributed by atoms with Crippen LogP contribution in [-0.4, -0.2) is 9.55 Å². The molecular weight excluding hydrogens is 340 g/mol. The van der Waals surface area contributed by atoms with E-state index in [1.165, 1.54) is 0 Å². The molecule has 1 heterocycles. The van der Waals surface area contributed by atoms with Gasteiger partial charge in [0.15, 0.2) is 0 Å². The summed E-state index contributed by atoms with van der Waals surface area (Å²) in [6.07, 6.45) is 3.71. The number of hydrogen-bond acceptors (Lipinski definition) is 1. The Kier molecular flexibility index (Phi) is 3.40. The van der Waals surface area contributed by atoms with Crippen molar-refractivity contribution < 1.29 is 20.1 Å². The zero-order chi connectivity index (χ0) is 8.39. The van der Waals surface area contributed by atoms with Gasteiger partial charge in [-0.2, -0.15) is 0 Å². The molecule has 2 nitrogen and oxygen atoms in total. The summed E-state index contributed by atoms with van der Waals surface area (Å²) in [6, 6.07) is 11.0. The third kappa shape index (κ3) is 2.06. The number of hydrogen-bond donors (Lipinski definition) is 0. The first-order chi connectivity index (χ1) is 5.88. The number of imidazole rings is 1. The average Bonchev–Trinajstić information content (AvgIpc) is 2.53. The van der Waals surface area contributed by atoms with Crippen molar-refractivity contribution in [3.8, 4) is 11.4 Å². The summed E-state index contributed by atoms with van der Waals surface area (Å²) in [5, 5.41) is 0. The maximum Gasteiger partial charge on any atom is 0.0555 e. The first kappa shape index (κ1) is 10.2. The van der Waals surface area contributed by atoms with Crippen molar-refractivity contribution in [2.24, 2.45) is 7.05 Å². The molecule has 0 aliphatic heterocycles. The molecule has 0 saturated heterocycles. The van der Waals surface area contributed by atoms with Crippen molar-refractivity contribution >= 4 is 0 Å². The number of aryl methyl sites for hydroxylation is 1. The second-order valence-electron chi connectivity index (χ2n) is 2.64. The van der Waals surface area contributed by atoms with Crippen LogP contribution in [0.15, 0.2) is 36.7 Å². The van der Waals surface area contributed by atoms with Crippen LogP contribution >= 0.6 is 0 Å². The quantitative estimate of drug-likeness (QED) is 0.719. The van der Waals surface area contributed by atoms with Gasteiger partial charge in [0.25, 0.3) is 0 Å². The van der Waals surface area contributed by atoms with E-state index >= 15 is 0 Å². The molecule has 0 aliphatic rings. The molecular formula is C10H9IrN2-. The molecule has 0 atom stereocenters. The normalized spacial score (nSPS) is 9.31. The van der Waals surface area contributed by atoms with Gasteiger partial charge in [-0.05, 0) is 0 Å². The number of benzene rings is 1. The van der Waals surface area contributed by atoms with Gasteiger partial charge in [0, 0.05) is 39.5 Å². The maximum absolute atomic E-state index is 4.22. The van der Waals surface area contributed by atoms with E-state index in [2.05, 4.69) is 11.1 Å². The minimum atomic E-state index is 0. The van der Waals surface area contributed by atoms with Crippen LogP contribution in [0.25, 0.3) is 11.4 Å². The Bertz CT molecular complexity index is 367. The summed E-state index contributed by atoms with van der Waals surface area (Å²) in [4.78, 5) is 4.22. The van der Waals surface area contributed by atoms with Gasteiger partial charge >= 0.3 is 0 Å². The molecule has 2 aromatic rings. The van der Waals surface area contributed by atoms with E-state index in [-0.39, 0.29) is 20.1 Å². The second-order valence-corrected chi connectivity index (χ2v) is 2.64. The summed E-state index contributed by atoms with van der Waals surface area (Å²) in [5.41, 5.74) is 1.03. The van der Waals surface area contributed by atoms with Gasteiger partial charge in [0.2, 0.25) is 0 Å². The first-order valence-corrected chi connectivity index (χ1v) is 3.82. The number of nitrogens with zero attached hydrogens (tertiary/aromatic N) is 2. The van der Waals surface area contributed by atoms with Crippen LogP contribution in [0.5, 0.6) is 0 Å². The third-order valence-electron chi connectivity index (χ3n) is 1.77. The molecule has 1 aromatic heterocycles. The van der Waals surface area contributed by atoms with Crippen molar-refractivity contribution in [1.29, 1.82) is 0 Å². The minimum absolute atomic E-state index is 0. The fourth-order valence-electron chi connectivity index (χ4n) is 1.16. The van der Waals surface area contributed by atoms with Gasteiger partial charge in [-0.1, -0.05) is 0 Å². The smallest absolute Gasteiger partial charge is 0.0555 e. The molecule has 1 aromatic carbocycles. The molecule has 0 amide bonds. The topological polar surface area (TPSA) is 17.8 Å². The van der Waals surface area contributed by atoms with Gasteiger partial charge < -0.3 is 4.57 Å². The summed E-state index contributed by atoms with van der Waals surface area (Å²) in [5.74, 6) is 0.954. The van der Waals surface area contributed by atoms with Crippen molar-refractivity contribution in [2.45, 2.75) is 0 Å². The van der Waals surface area contributed by atoms with Crippen LogP contribution in [0.4, 0.5) is 0 Å². The van der Waals surface area contributed by atoms with E-state index in [9.17, 15) is 0 Å². The van der Waals surface area contributed by atoms with E-state index in [0.717, 1.165) is 11.4 Å². The van der Waals surface area contributed by atoms with Crippen LogP contribution in [0.2, 0.25) is 0 Å². The molecule has 0 spiro atoms. The van der Waals surface area contributed by atoms with Crippen molar-refractivity contribution in [1.82, 2.24) is 9.55 Å². The second kappa shape index (κ2) is 4.35. The molecule has 3 heteroatoms. The third-order valence-corrected chi connectivity index (χ3v) is 1.77. The van der Waals surface area contributed by atoms with E-state index in [1.54, 1.807) is 6.20 Å². The minimum Gasteiger partial charge on any atom is -0.373 e. The summed E-state index contributed by atoms with van der Waals surface area (Å²) >= 11 is 0. The summed E-state index contributed by atoms with van der Waals surface area (Å²) < 4.78 is 1.98. The molecule has 0 bridgehead atoms. The van der Waals surface area contributed by atoms with E-state index in [1.807, 2.05) is 42.1 Å². The average molecular weight is 349 g/mol. The molecule has 69 valence electrons. The summed E-state index contributed by atoms with van der Waals surface area (Å²) in [7, 11) is 1.98. The fourth-order valence-corrected chi connectivity index (χ4v) is 1.16. The van der Waals surface area contributed by atoms with Crippen LogP contribution in [0.3, 0.4) is 0 Å². The van der Waals surface area contributed by atoms with Gasteiger partial charge in [-0.15, -0.1) is 35.9 Å². The number of aromatic nitrogens is 2. The maximum atomic E-state index is 4.22. The Morgan fingerprint density at radius 2 is 2.23 bits per heavy atom. The SMILES string of the molecule is Cn1ccnc1-c1[c-]cccc1.[Ir]. The largest absolute Gasteiger partial charge is 0.373 e.